The van der Waals surface area contributed by atoms with Crippen LogP contribution in [0.5, 0.6) is 0 Å². The average Bonchev–Trinajstić information content (AvgIpc) is 2.01. The molecule has 0 heterocycles. The zero-order valence-corrected chi connectivity index (χ0v) is 8.05. The van der Waals surface area contributed by atoms with Crippen molar-refractivity contribution in [1.29, 1.82) is 0 Å². The number of carbonyl (C=O) groups excluding carboxylic acids is 1. The van der Waals surface area contributed by atoms with Gasteiger partial charge >= 0.3 is 0 Å². The predicted octanol–water partition coefficient (Wildman–Crippen LogP) is -0.0979. The molecule has 0 saturated carbocycles. The molecular weight excluding hydrogens is 209 g/mol. The number of carboxylic acids is 1. The molecule has 76 valence electrons. The molecule has 0 aliphatic rings. The van der Waals surface area contributed by atoms with Gasteiger partial charge in [0.1, 0.15) is 11.9 Å². The fourth-order valence-corrected chi connectivity index (χ4v) is 1.52. The Bertz CT molecular complexity index is 336. The van der Waals surface area contributed by atoms with Gasteiger partial charge in [-0.15, -0.1) is 0 Å². The number of carboxylic acid groups (broad SMARTS) is 1. The lowest BCUT2D eigenvalue weighted by Gasteiger charge is -2.11. The number of aliphatic carboxylic acids is 1. The quantitative estimate of drug-likeness (QED) is 0.769. The molecule has 5 heteroatoms. The number of carbonyl (C=O) groups is 1. The van der Waals surface area contributed by atoms with Crippen molar-refractivity contribution in [2.45, 2.75) is 12.5 Å². The molecule has 0 unspecified atom stereocenters. The number of benzene rings is 1. The minimum Gasteiger partial charge on any atom is -0.550 e. The van der Waals surface area contributed by atoms with Gasteiger partial charge in [-0.1, -0.05) is 17.7 Å². The van der Waals surface area contributed by atoms with Gasteiger partial charge in [0.2, 0.25) is 0 Å². The first kappa shape index (κ1) is 10.9. The second kappa shape index (κ2) is 4.39. The number of hydrogen-bond acceptors (Lipinski definition) is 2. The van der Waals surface area contributed by atoms with Crippen LogP contribution in [-0.2, 0) is 4.79 Å². The van der Waals surface area contributed by atoms with Crippen LogP contribution in [0.2, 0.25) is 5.02 Å². The molecule has 0 saturated heterocycles. The molecule has 14 heavy (non-hydrogen) atoms. The minimum atomic E-state index is -1.27. The maximum absolute atomic E-state index is 13.2. The second-order valence-electron chi connectivity index (χ2n) is 2.91. The molecule has 0 amide bonds. The molecule has 3 N–H and O–H groups in total. The van der Waals surface area contributed by atoms with Crippen LogP contribution in [0.15, 0.2) is 18.2 Å². The third kappa shape index (κ3) is 2.43. The van der Waals surface area contributed by atoms with Gasteiger partial charge in [0.15, 0.2) is 0 Å². The summed E-state index contributed by atoms with van der Waals surface area (Å²) in [5.74, 6) is -1.82. The van der Waals surface area contributed by atoms with E-state index in [0.29, 0.717) is 0 Å². The molecule has 3 nitrogen and oxygen atoms in total. The molecule has 0 aliphatic heterocycles. The Labute approximate surface area is 85.3 Å². The standard InChI is InChI=1S/C9H9ClFNO2/c10-5-2-1-3-6(11)9(5)7(12)4-8(13)14/h1-3,7H,4,12H2,(H,13,14)/t7-/m0/s1. The van der Waals surface area contributed by atoms with Crippen molar-refractivity contribution in [2.24, 2.45) is 0 Å². The molecule has 0 fully saturated rings. The summed E-state index contributed by atoms with van der Waals surface area (Å²) in [7, 11) is 0. The van der Waals surface area contributed by atoms with E-state index in [2.05, 4.69) is 5.73 Å². The molecule has 0 bridgehead atoms. The molecule has 0 spiro atoms. The van der Waals surface area contributed by atoms with Crippen LogP contribution in [0.1, 0.15) is 18.0 Å². The van der Waals surface area contributed by atoms with Crippen LogP contribution in [0, 0.1) is 5.82 Å². The summed E-state index contributed by atoms with van der Waals surface area (Å²) < 4.78 is 13.2. The summed E-state index contributed by atoms with van der Waals surface area (Å²) >= 11 is 5.71. The van der Waals surface area contributed by atoms with Crippen molar-refractivity contribution < 1.29 is 20.0 Å². The van der Waals surface area contributed by atoms with Crippen LogP contribution in [0.3, 0.4) is 0 Å². The highest BCUT2D eigenvalue weighted by atomic mass is 35.5. The van der Waals surface area contributed by atoms with Gasteiger partial charge < -0.3 is 15.6 Å². The summed E-state index contributed by atoms with van der Waals surface area (Å²) in [6.07, 6.45) is -0.347. The zero-order valence-electron chi connectivity index (χ0n) is 7.30. The first-order chi connectivity index (χ1) is 6.52. The topological polar surface area (TPSA) is 67.8 Å². The number of rotatable bonds is 3. The number of quaternary nitrogens is 1. The normalized spacial score (nSPS) is 12.5. The first-order valence-corrected chi connectivity index (χ1v) is 4.37. The third-order valence-electron chi connectivity index (χ3n) is 1.82. The number of halogens is 2. The SMILES string of the molecule is [NH3+][C@@H](CC(=O)[O-])c1c(F)cccc1Cl. The van der Waals surface area contributed by atoms with Crippen molar-refractivity contribution in [3.05, 3.63) is 34.6 Å². The Morgan fingerprint density at radius 1 is 1.64 bits per heavy atom. The van der Waals surface area contributed by atoms with Gasteiger partial charge in [0.05, 0.1) is 10.6 Å². The molecule has 1 aromatic carbocycles. The Morgan fingerprint density at radius 3 is 2.79 bits per heavy atom. The summed E-state index contributed by atoms with van der Waals surface area (Å²) in [5.41, 5.74) is 3.65. The van der Waals surface area contributed by atoms with Crippen LogP contribution in [0.25, 0.3) is 0 Å². The van der Waals surface area contributed by atoms with Crippen molar-refractivity contribution in [3.8, 4) is 0 Å². The minimum absolute atomic E-state index is 0.123. The Balaban J connectivity index is 2.99. The Kier molecular flexibility index (Phi) is 3.43. The average molecular weight is 218 g/mol. The molecule has 0 aliphatic carbocycles. The van der Waals surface area contributed by atoms with E-state index in [4.69, 9.17) is 11.6 Å². The lowest BCUT2D eigenvalue weighted by Crippen LogP contribution is -2.55. The van der Waals surface area contributed by atoms with E-state index in [1.54, 1.807) is 0 Å². The maximum atomic E-state index is 13.2. The van der Waals surface area contributed by atoms with Gasteiger partial charge in [0.25, 0.3) is 0 Å². The largest absolute Gasteiger partial charge is 0.550 e. The maximum Gasteiger partial charge on any atom is 0.133 e. The van der Waals surface area contributed by atoms with Crippen LogP contribution < -0.4 is 10.8 Å². The molecule has 1 rings (SSSR count). The van der Waals surface area contributed by atoms with Gasteiger partial charge in [-0.05, 0) is 12.1 Å². The van der Waals surface area contributed by atoms with Crippen LogP contribution in [0.4, 0.5) is 4.39 Å². The van der Waals surface area contributed by atoms with Crippen molar-refractivity contribution in [2.75, 3.05) is 0 Å². The van der Waals surface area contributed by atoms with E-state index in [9.17, 15) is 14.3 Å². The van der Waals surface area contributed by atoms with Crippen LogP contribution in [-0.4, -0.2) is 5.97 Å². The van der Waals surface area contributed by atoms with E-state index in [0.717, 1.165) is 0 Å². The fraction of sp³-hybridized carbons (Fsp3) is 0.222. The molecule has 1 atom stereocenters. The summed E-state index contributed by atoms with van der Waals surface area (Å²) in [5, 5.41) is 10.5. The van der Waals surface area contributed by atoms with E-state index >= 15 is 0 Å². The van der Waals surface area contributed by atoms with Gasteiger partial charge in [-0.2, -0.15) is 0 Å². The fourth-order valence-electron chi connectivity index (χ4n) is 1.20. The summed E-state index contributed by atoms with van der Waals surface area (Å²) in [6, 6.07) is 3.43. The van der Waals surface area contributed by atoms with Crippen LogP contribution >= 0.6 is 11.6 Å². The molecule has 1 aromatic rings. The first-order valence-electron chi connectivity index (χ1n) is 3.99. The zero-order chi connectivity index (χ0) is 10.7. The van der Waals surface area contributed by atoms with Gasteiger partial charge in [-0.25, -0.2) is 4.39 Å². The molecular formula is C9H9ClFNO2. The van der Waals surface area contributed by atoms with Gasteiger partial charge in [0, 0.05) is 12.4 Å². The van der Waals surface area contributed by atoms with E-state index in [-0.39, 0.29) is 17.0 Å². The number of hydrogen-bond donors (Lipinski definition) is 1. The molecule has 0 radical (unpaired) electrons. The van der Waals surface area contributed by atoms with Crippen molar-refractivity contribution >= 4 is 17.6 Å². The monoisotopic (exact) mass is 217 g/mol. The smallest absolute Gasteiger partial charge is 0.133 e. The molecule has 0 aromatic heterocycles. The predicted molar refractivity (Wildman–Crippen MR) is 46.7 cm³/mol. The Hall–Kier alpha value is -1.13. The van der Waals surface area contributed by atoms with Crippen molar-refractivity contribution in [1.82, 2.24) is 0 Å². The third-order valence-corrected chi connectivity index (χ3v) is 2.15. The van der Waals surface area contributed by atoms with Crippen molar-refractivity contribution in [3.63, 3.8) is 0 Å². The summed E-state index contributed by atoms with van der Waals surface area (Å²) in [4.78, 5) is 10.3. The van der Waals surface area contributed by atoms with E-state index in [1.165, 1.54) is 18.2 Å². The summed E-state index contributed by atoms with van der Waals surface area (Å²) in [6.45, 7) is 0. The van der Waals surface area contributed by atoms with Gasteiger partial charge in [-0.3, -0.25) is 0 Å². The van der Waals surface area contributed by atoms with E-state index in [1.807, 2.05) is 0 Å². The highest BCUT2D eigenvalue weighted by molar-refractivity contribution is 6.31. The second-order valence-corrected chi connectivity index (χ2v) is 3.32. The highest BCUT2D eigenvalue weighted by Crippen LogP contribution is 2.24. The van der Waals surface area contributed by atoms with E-state index < -0.39 is 17.8 Å². The Morgan fingerprint density at radius 2 is 2.29 bits per heavy atom. The lowest BCUT2D eigenvalue weighted by molar-refractivity contribution is -0.431. The highest BCUT2D eigenvalue weighted by Gasteiger charge is 2.18. The lowest BCUT2D eigenvalue weighted by atomic mass is 10.0.